The first-order valence-electron chi connectivity index (χ1n) is 8.63. The van der Waals surface area contributed by atoms with Crippen LogP contribution in [-0.4, -0.2) is 14.5 Å². The number of pyridine rings is 2. The summed E-state index contributed by atoms with van der Waals surface area (Å²) in [5, 5.41) is 1.11. The highest BCUT2D eigenvalue weighted by molar-refractivity contribution is 5.82. The Morgan fingerprint density at radius 1 is 1.16 bits per heavy atom. The van der Waals surface area contributed by atoms with Gasteiger partial charge in [-0.2, -0.15) is 0 Å². The van der Waals surface area contributed by atoms with Crippen molar-refractivity contribution >= 4 is 22.5 Å². The molecule has 4 N–H and O–H groups in total. The SMILES string of the molecule is CC(Cc1ccc(C(C)(C)C)c(N)n1)c1cc2cnc(N)cc2n1C. The molecule has 0 aliphatic heterocycles. The molecule has 0 aliphatic carbocycles. The third-order valence-corrected chi connectivity index (χ3v) is 4.80. The summed E-state index contributed by atoms with van der Waals surface area (Å²) >= 11 is 0. The molecule has 0 amide bonds. The molecule has 0 saturated carbocycles. The van der Waals surface area contributed by atoms with Crippen molar-refractivity contribution in [3.05, 3.63) is 47.4 Å². The van der Waals surface area contributed by atoms with Crippen LogP contribution < -0.4 is 11.5 Å². The molecule has 1 atom stereocenters. The average Bonchev–Trinajstić information content (AvgIpc) is 2.83. The van der Waals surface area contributed by atoms with Gasteiger partial charge in [-0.1, -0.05) is 33.8 Å². The fourth-order valence-electron chi connectivity index (χ4n) is 3.42. The van der Waals surface area contributed by atoms with E-state index in [4.69, 9.17) is 11.5 Å². The number of anilines is 2. The topological polar surface area (TPSA) is 82.8 Å². The number of nitrogens with two attached hydrogens (primary N) is 2. The molecule has 3 aromatic heterocycles. The summed E-state index contributed by atoms with van der Waals surface area (Å²) in [7, 11) is 2.07. The molecule has 0 bridgehead atoms. The predicted molar refractivity (Wildman–Crippen MR) is 105 cm³/mol. The maximum Gasteiger partial charge on any atom is 0.127 e. The molecule has 132 valence electrons. The van der Waals surface area contributed by atoms with Gasteiger partial charge in [0.15, 0.2) is 0 Å². The van der Waals surface area contributed by atoms with Crippen molar-refractivity contribution in [3.63, 3.8) is 0 Å². The molecule has 0 aromatic carbocycles. The largest absolute Gasteiger partial charge is 0.384 e. The fraction of sp³-hybridized carbons (Fsp3) is 0.400. The van der Waals surface area contributed by atoms with Gasteiger partial charge >= 0.3 is 0 Å². The average molecular weight is 337 g/mol. The second-order valence-corrected chi connectivity index (χ2v) is 7.89. The van der Waals surface area contributed by atoms with Crippen LogP contribution in [0.1, 0.15) is 50.6 Å². The number of nitrogens with zero attached hydrogens (tertiary/aromatic N) is 3. The van der Waals surface area contributed by atoms with Crippen LogP contribution >= 0.6 is 0 Å². The van der Waals surface area contributed by atoms with E-state index < -0.39 is 0 Å². The van der Waals surface area contributed by atoms with Gasteiger partial charge in [-0.15, -0.1) is 0 Å². The van der Waals surface area contributed by atoms with Crippen molar-refractivity contribution in [3.8, 4) is 0 Å². The van der Waals surface area contributed by atoms with E-state index in [1.54, 1.807) is 0 Å². The Morgan fingerprint density at radius 3 is 2.52 bits per heavy atom. The molecule has 0 fully saturated rings. The van der Waals surface area contributed by atoms with Crippen LogP contribution in [0.25, 0.3) is 10.9 Å². The van der Waals surface area contributed by atoms with Gasteiger partial charge in [0.2, 0.25) is 0 Å². The summed E-state index contributed by atoms with van der Waals surface area (Å²) in [5.41, 5.74) is 16.5. The van der Waals surface area contributed by atoms with Crippen LogP contribution in [0.5, 0.6) is 0 Å². The van der Waals surface area contributed by atoms with E-state index in [-0.39, 0.29) is 5.41 Å². The van der Waals surface area contributed by atoms with Crippen LogP contribution in [0.2, 0.25) is 0 Å². The van der Waals surface area contributed by atoms with Gasteiger partial charge in [-0.05, 0) is 29.5 Å². The highest BCUT2D eigenvalue weighted by Crippen LogP contribution is 2.29. The number of aryl methyl sites for hydroxylation is 1. The fourth-order valence-corrected chi connectivity index (χ4v) is 3.42. The van der Waals surface area contributed by atoms with Crippen molar-refractivity contribution in [2.45, 2.75) is 45.4 Å². The molecule has 25 heavy (non-hydrogen) atoms. The summed E-state index contributed by atoms with van der Waals surface area (Å²) in [5.74, 6) is 1.48. The van der Waals surface area contributed by atoms with Crippen LogP contribution in [0, 0.1) is 0 Å². The maximum absolute atomic E-state index is 6.19. The Labute approximate surface area is 149 Å². The molecule has 0 saturated heterocycles. The summed E-state index contributed by atoms with van der Waals surface area (Å²) in [6, 6.07) is 8.30. The number of hydrogen-bond donors (Lipinski definition) is 2. The Kier molecular flexibility index (Phi) is 4.19. The van der Waals surface area contributed by atoms with Crippen molar-refractivity contribution in [2.75, 3.05) is 11.5 Å². The standard InChI is InChI=1S/C20H27N5/c1-12(8-14-6-7-15(19(22)24-14)20(2,3)4)16-9-13-11-23-18(21)10-17(13)25(16)5/h6-7,9-12H,8H2,1-5H3,(H2,21,23)(H2,22,24). The molecule has 0 radical (unpaired) electrons. The Morgan fingerprint density at radius 2 is 1.88 bits per heavy atom. The van der Waals surface area contributed by atoms with Gasteiger partial charge < -0.3 is 16.0 Å². The first kappa shape index (κ1) is 17.3. The van der Waals surface area contributed by atoms with E-state index in [1.165, 1.54) is 5.69 Å². The normalized spacial score (nSPS) is 13.3. The maximum atomic E-state index is 6.19. The number of aromatic nitrogens is 3. The van der Waals surface area contributed by atoms with Crippen molar-refractivity contribution in [1.29, 1.82) is 0 Å². The van der Waals surface area contributed by atoms with E-state index in [2.05, 4.69) is 67.5 Å². The van der Waals surface area contributed by atoms with Crippen molar-refractivity contribution < 1.29 is 0 Å². The second-order valence-electron chi connectivity index (χ2n) is 7.89. The summed E-state index contributed by atoms with van der Waals surface area (Å²) in [4.78, 5) is 8.82. The van der Waals surface area contributed by atoms with E-state index >= 15 is 0 Å². The summed E-state index contributed by atoms with van der Waals surface area (Å²) < 4.78 is 2.19. The number of nitrogen functional groups attached to an aromatic ring is 2. The van der Waals surface area contributed by atoms with E-state index in [0.29, 0.717) is 17.6 Å². The first-order valence-corrected chi connectivity index (χ1v) is 8.63. The summed E-state index contributed by atoms with van der Waals surface area (Å²) in [6.07, 6.45) is 2.66. The summed E-state index contributed by atoms with van der Waals surface area (Å²) in [6.45, 7) is 8.66. The van der Waals surface area contributed by atoms with Gasteiger partial charge in [0, 0.05) is 42.0 Å². The Hall–Kier alpha value is -2.56. The van der Waals surface area contributed by atoms with E-state index in [0.717, 1.165) is 28.6 Å². The molecule has 1 unspecified atom stereocenters. The smallest absolute Gasteiger partial charge is 0.127 e. The molecule has 3 rings (SSSR count). The molecule has 5 heteroatoms. The van der Waals surface area contributed by atoms with Gasteiger partial charge in [0.1, 0.15) is 11.6 Å². The molecule has 3 heterocycles. The van der Waals surface area contributed by atoms with E-state index in [1.807, 2.05) is 12.3 Å². The molecule has 5 nitrogen and oxygen atoms in total. The number of rotatable bonds is 3. The molecule has 0 spiro atoms. The number of fused-ring (bicyclic) bond motifs is 1. The zero-order valence-electron chi connectivity index (χ0n) is 15.7. The lowest BCUT2D eigenvalue weighted by atomic mass is 9.87. The van der Waals surface area contributed by atoms with Crippen LogP contribution in [-0.2, 0) is 18.9 Å². The zero-order valence-corrected chi connectivity index (χ0v) is 15.7. The van der Waals surface area contributed by atoms with Crippen LogP contribution in [0.4, 0.5) is 11.6 Å². The number of hydrogen-bond acceptors (Lipinski definition) is 4. The molecular weight excluding hydrogens is 310 g/mol. The minimum atomic E-state index is 0.00397. The predicted octanol–water partition coefficient (Wildman–Crippen LogP) is 3.78. The van der Waals surface area contributed by atoms with Crippen molar-refractivity contribution in [2.24, 2.45) is 7.05 Å². The minimum Gasteiger partial charge on any atom is -0.384 e. The Balaban J connectivity index is 1.89. The lowest BCUT2D eigenvalue weighted by Crippen LogP contribution is -2.16. The zero-order chi connectivity index (χ0) is 18.4. The first-order chi connectivity index (χ1) is 11.7. The molecule has 3 aromatic rings. The minimum absolute atomic E-state index is 0.00397. The van der Waals surface area contributed by atoms with Gasteiger partial charge in [-0.25, -0.2) is 9.97 Å². The van der Waals surface area contributed by atoms with Crippen LogP contribution in [0.15, 0.2) is 30.5 Å². The lowest BCUT2D eigenvalue weighted by Gasteiger charge is -2.21. The highest BCUT2D eigenvalue weighted by atomic mass is 15.0. The van der Waals surface area contributed by atoms with Gasteiger partial charge in [0.25, 0.3) is 0 Å². The third-order valence-electron chi connectivity index (χ3n) is 4.80. The highest BCUT2D eigenvalue weighted by Gasteiger charge is 2.19. The molecule has 0 aliphatic rings. The van der Waals surface area contributed by atoms with Crippen LogP contribution in [0.3, 0.4) is 0 Å². The van der Waals surface area contributed by atoms with Gasteiger partial charge in [0.05, 0.1) is 5.52 Å². The Bertz CT molecular complexity index is 918. The van der Waals surface area contributed by atoms with Crippen molar-refractivity contribution in [1.82, 2.24) is 14.5 Å². The van der Waals surface area contributed by atoms with Gasteiger partial charge in [-0.3, -0.25) is 0 Å². The second kappa shape index (κ2) is 6.06. The monoisotopic (exact) mass is 337 g/mol. The third kappa shape index (κ3) is 3.31. The lowest BCUT2D eigenvalue weighted by molar-refractivity contribution is 0.588. The molecular formula is C20H27N5. The quantitative estimate of drug-likeness (QED) is 0.762. The van der Waals surface area contributed by atoms with E-state index in [9.17, 15) is 0 Å².